The van der Waals surface area contributed by atoms with Crippen LogP contribution in [0.25, 0.3) is 22.2 Å². The average Bonchev–Trinajstić information content (AvgIpc) is 3.36. The summed E-state index contributed by atoms with van der Waals surface area (Å²) in [6, 6.07) is 19.1. The highest BCUT2D eigenvalue weighted by Gasteiger charge is 2.30. The number of rotatable bonds is 7. The molecule has 198 valence electrons. The normalized spacial score (nSPS) is 21.1. The lowest BCUT2D eigenvalue weighted by atomic mass is 9.89. The van der Waals surface area contributed by atoms with Gasteiger partial charge in [0.1, 0.15) is 29.3 Å². The van der Waals surface area contributed by atoms with Gasteiger partial charge in [-0.2, -0.15) is 0 Å². The molecule has 2 fully saturated rings. The van der Waals surface area contributed by atoms with Crippen molar-refractivity contribution in [3.05, 3.63) is 67.1 Å². The number of anilines is 1. The number of nitrogens with two attached hydrogens (primary N) is 1. The molecule has 0 amide bonds. The van der Waals surface area contributed by atoms with Gasteiger partial charge in [0.15, 0.2) is 0 Å². The maximum absolute atomic E-state index is 6.41. The molecule has 0 atom stereocenters. The van der Waals surface area contributed by atoms with Crippen molar-refractivity contribution in [1.82, 2.24) is 24.3 Å². The summed E-state index contributed by atoms with van der Waals surface area (Å²) in [7, 11) is 1.78. The van der Waals surface area contributed by atoms with Gasteiger partial charge in [-0.1, -0.05) is 30.3 Å². The molecule has 0 bridgehead atoms. The van der Waals surface area contributed by atoms with Crippen LogP contribution in [0.15, 0.2) is 67.1 Å². The predicted octanol–water partition coefficient (Wildman–Crippen LogP) is 5.18. The van der Waals surface area contributed by atoms with Gasteiger partial charge >= 0.3 is 0 Å². The Hall–Kier alpha value is -3.46. The molecule has 4 aromatic rings. The topological polar surface area (TPSA) is 81.7 Å². The molecule has 0 unspecified atom stereocenters. The first kappa shape index (κ1) is 24.9. The number of methoxy groups -OCH3 is 1. The summed E-state index contributed by atoms with van der Waals surface area (Å²) in [6.45, 7) is 5.17. The van der Waals surface area contributed by atoms with Crippen LogP contribution in [0, 0.1) is 0 Å². The van der Waals surface area contributed by atoms with Crippen molar-refractivity contribution in [2.75, 3.05) is 45.8 Å². The minimum Gasteiger partial charge on any atom is -0.457 e. The van der Waals surface area contributed by atoms with E-state index >= 15 is 0 Å². The third-order valence-electron chi connectivity index (χ3n) is 8.08. The van der Waals surface area contributed by atoms with E-state index in [1.54, 1.807) is 13.4 Å². The Labute approximate surface area is 224 Å². The number of benzene rings is 2. The number of nitrogens with zero attached hydrogens (tertiary/aromatic N) is 5. The van der Waals surface area contributed by atoms with Gasteiger partial charge in [-0.15, -0.1) is 0 Å². The van der Waals surface area contributed by atoms with Gasteiger partial charge < -0.3 is 19.8 Å². The number of ether oxygens (including phenoxy) is 2. The monoisotopic (exact) mass is 512 g/mol. The number of piperazine rings is 1. The molecule has 1 aliphatic carbocycles. The van der Waals surface area contributed by atoms with Crippen LogP contribution in [-0.4, -0.2) is 70.4 Å². The Kier molecular flexibility index (Phi) is 7.27. The summed E-state index contributed by atoms with van der Waals surface area (Å²) in [4.78, 5) is 14.1. The summed E-state index contributed by atoms with van der Waals surface area (Å²) >= 11 is 0. The van der Waals surface area contributed by atoms with Crippen LogP contribution in [-0.2, 0) is 4.74 Å². The molecule has 3 heterocycles. The third-order valence-corrected chi connectivity index (χ3v) is 8.08. The molecule has 2 aliphatic rings. The van der Waals surface area contributed by atoms with Crippen LogP contribution in [0.3, 0.4) is 0 Å². The predicted molar refractivity (Wildman–Crippen MR) is 150 cm³/mol. The van der Waals surface area contributed by atoms with E-state index in [1.165, 1.54) is 12.8 Å². The number of para-hydroxylation sites is 1. The lowest BCUT2D eigenvalue weighted by Gasteiger charge is -2.42. The maximum atomic E-state index is 6.41. The van der Waals surface area contributed by atoms with Crippen molar-refractivity contribution < 1.29 is 9.47 Å². The molecule has 1 aliphatic heterocycles. The fourth-order valence-corrected chi connectivity index (χ4v) is 6.07. The van der Waals surface area contributed by atoms with Gasteiger partial charge in [0.2, 0.25) is 0 Å². The lowest BCUT2D eigenvalue weighted by molar-refractivity contribution is 0.00862. The zero-order chi connectivity index (χ0) is 25.9. The Morgan fingerprint density at radius 2 is 1.53 bits per heavy atom. The average molecular weight is 513 g/mol. The van der Waals surface area contributed by atoms with E-state index in [9.17, 15) is 0 Å². The minimum absolute atomic E-state index is 0.410. The first-order chi connectivity index (χ1) is 18.7. The van der Waals surface area contributed by atoms with Gasteiger partial charge in [-0.05, 0) is 55.5 Å². The molecule has 2 aromatic heterocycles. The molecule has 0 radical (unpaired) electrons. The summed E-state index contributed by atoms with van der Waals surface area (Å²) in [6.07, 6.45) is 8.50. The molecule has 8 nitrogen and oxygen atoms in total. The molecule has 0 spiro atoms. The van der Waals surface area contributed by atoms with Crippen molar-refractivity contribution in [3.8, 4) is 22.6 Å². The Balaban J connectivity index is 1.19. The van der Waals surface area contributed by atoms with E-state index in [0.717, 1.165) is 79.4 Å². The van der Waals surface area contributed by atoms with E-state index in [1.807, 2.05) is 42.5 Å². The van der Waals surface area contributed by atoms with Crippen LogP contribution in [0.4, 0.5) is 5.82 Å². The Bertz CT molecular complexity index is 1340. The number of hydrogen-bond donors (Lipinski definition) is 1. The van der Waals surface area contributed by atoms with Crippen molar-refractivity contribution in [2.24, 2.45) is 0 Å². The van der Waals surface area contributed by atoms with Gasteiger partial charge in [0.05, 0.1) is 12.1 Å². The zero-order valence-corrected chi connectivity index (χ0v) is 22.0. The Morgan fingerprint density at radius 1 is 0.842 bits per heavy atom. The summed E-state index contributed by atoms with van der Waals surface area (Å²) < 4.78 is 13.7. The fourth-order valence-electron chi connectivity index (χ4n) is 6.07. The molecule has 2 N–H and O–H groups in total. The van der Waals surface area contributed by atoms with E-state index in [0.29, 0.717) is 17.9 Å². The second-order valence-electron chi connectivity index (χ2n) is 10.4. The summed E-state index contributed by atoms with van der Waals surface area (Å²) in [5.74, 6) is 2.15. The molecule has 1 saturated carbocycles. The largest absolute Gasteiger partial charge is 0.457 e. The molecular formula is C30H36N6O2. The van der Waals surface area contributed by atoms with E-state index in [2.05, 4.69) is 37.7 Å². The van der Waals surface area contributed by atoms with Crippen molar-refractivity contribution in [1.29, 1.82) is 0 Å². The third kappa shape index (κ3) is 5.12. The highest BCUT2D eigenvalue weighted by atomic mass is 16.5. The van der Waals surface area contributed by atoms with Crippen LogP contribution in [0.2, 0.25) is 0 Å². The van der Waals surface area contributed by atoms with Crippen LogP contribution >= 0.6 is 0 Å². The van der Waals surface area contributed by atoms with Crippen LogP contribution < -0.4 is 10.5 Å². The second kappa shape index (κ2) is 11.1. The number of aromatic nitrogens is 3. The highest BCUT2D eigenvalue weighted by molar-refractivity contribution is 6.00. The molecule has 6 rings (SSSR count). The molecule has 8 heteroatoms. The summed E-state index contributed by atoms with van der Waals surface area (Å²) in [5, 5.41) is 0.931. The van der Waals surface area contributed by atoms with Crippen LogP contribution in [0.1, 0.15) is 31.7 Å². The van der Waals surface area contributed by atoms with Gasteiger partial charge in [-0.3, -0.25) is 9.80 Å². The Morgan fingerprint density at radius 3 is 2.24 bits per heavy atom. The first-order valence-electron chi connectivity index (χ1n) is 13.6. The maximum Gasteiger partial charge on any atom is 0.146 e. The summed E-state index contributed by atoms with van der Waals surface area (Å²) in [5.41, 5.74) is 9.49. The lowest BCUT2D eigenvalue weighted by Crippen LogP contribution is -2.51. The minimum atomic E-state index is 0.410. The van der Waals surface area contributed by atoms with Crippen molar-refractivity contribution in [2.45, 2.75) is 37.8 Å². The molecular weight excluding hydrogens is 476 g/mol. The fraction of sp³-hybridized carbons (Fsp3) is 0.400. The van der Waals surface area contributed by atoms with Crippen LogP contribution in [0.5, 0.6) is 11.5 Å². The number of nitrogen functional groups attached to an aromatic ring is 1. The standard InChI is InChI=1S/C30H36N6O2/c1-37-21-34-15-17-35(18-16-34)23-9-11-24(12-10-23)36-19-27(28-29(31)32-20-33-30(28)36)22-7-13-26(14-8-22)38-25-5-3-2-4-6-25/h2-8,13-14,19-20,23-24H,9-12,15-18,21H2,1H3,(H2,31,32,33). The second-order valence-corrected chi connectivity index (χ2v) is 10.4. The molecule has 38 heavy (non-hydrogen) atoms. The van der Waals surface area contributed by atoms with E-state index < -0.39 is 0 Å². The molecule has 1 saturated heterocycles. The molecule has 2 aromatic carbocycles. The quantitative estimate of drug-likeness (QED) is 0.365. The first-order valence-corrected chi connectivity index (χ1v) is 13.6. The highest BCUT2D eigenvalue weighted by Crippen LogP contribution is 2.39. The van der Waals surface area contributed by atoms with Crippen molar-refractivity contribution in [3.63, 3.8) is 0 Å². The zero-order valence-electron chi connectivity index (χ0n) is 22.0. The van der Waals surface area contributed by atoms with Gasteiger partial charge in [-0.25, -0.2) is 9.97 Å². The number of hydrogen-bond acceptors (Lipinski definition) is 7. The smallest absolute Gasteiger partial charge is 0.146 e. The van der Waals surface area contributed by atoms with E-state index in [4.69, 9.17) is 20.2 Å². The van der Waals surface area contributed by atoms with Gasteiger partial charge in [0.25, 0.3) is 0 Å². The van der Waals surface area contributed by atoms with Crippen molar-refractivity contribution >= 4 is 16.9 Å². The SMILES string of the molecule is COCN1CCN(C2CCC(n3cc(-c4ccc(Oc5ccccc5)cc4)c4c(N)ncnc43)CC2)CC1. The van der Waals surface area contributed by atoms with E-state index in [-0.39, 0.29) is 0 Å². The van der Waals surface area contributed by atoms with Gasteiger partial charge in [0, 0.05) is 57.1 Å². The number of fused-ring (bicyclic) bond motifs is 1.